The molecule has 0 amide bonds. The molecule has 1 aliphatic rings. The number of esters is 1. The number of ether oxygens (including phenoxy) is 1. The number of carbonyl (C=O) groups excluding carboxylic acids is 1. The second-order valence-electron chi connectivity index (χ2n) is 4.89. The molecule has 0 aromatic rings. The SMILES string of the molecule is C/C=C\C1CCC(C)C(C(=O)O)C1C(=O)OCC. The highest BCUT2D eigenvalue weighted by molar-refractivity contribution is 5.82. The maximum atomic E-state index is 12.0. The van der Waals surface area contributed by atoms with Gasteiger partial charge in [-0.05, 0) is 38.5 Å². The monoisotopic (exact) mass is 254 g/mol. The van der Waals surface area contributed by atoms with Crippen LogP contribution >= 0.6 is 0 Å². The number of carbonyl (C=O) groups is 2. The van der Waals surface area contributed by atoms with Gasteiger partial charge in [0.15, 0.2) is 0 Å². The van der Waals surface area contributed by atoms with Gasteiger partial charge in [-0.15, -0.1) is 0 Å². The van der Waals surface area contributed by atoms with E-state index in [4.69, 9.17) is 4.74 Å². The number of hydrogen-bond donors (Lipinski definition) is 1. The number of hydrogen-bond acceptors (Lipinski definition) is 3. The van der Waals surface area contributed by atoms with Crippen LogP contribution in [-0.2, 0) is 14.3 Å². The first kappa shape index (κ1) is 14.7. The number of carboxylic acids is 1. The van der Waals surface area contributed by atoms with Gasteiger partial charge in [0.05, 0.1) is 18.4 Å². The van der Waals surface area contributed by atoms with Crippen LogP contribution in [0.15, 0.2) is 12.2 Å². The first-order chi connectivity index (χ1) is 8.52. The molecule has 0 aromatic carbocycles. The molecule has 0 saturated heterocycles. The van der Waals surface area contributed by atoms with Crippen LogP contribution in [0.25, 0.3) is 0 Å². The number of carboxylic acid groups (broad SMARTS) is 1. The molecule has 0 aromatic heterocycles. The Bertz CT molecular complexity index is 335. The van der Waals surface area contributed by atoms with Crippen molar-refractivity contribution in [2.45, 2.75) is 33.6 Å². The Balaban J connectivity index is 3.01. The van der Waals surface area contributed by atoms with Crippen LogP contribution < -0.4 is 0 Å². The van der Waals surface area contributed by atoms with Crippen molar-refractivity contribution >= 4 is 11.9 Å². The zero-order valence-electron chi connectivity index (χ0n) is 11.3. The summed E-state index contributed by atoms with van der Waals surface area (Å²) in [5, 5.41) is 9.35. The molecule has 0 heterocycles. The molecule has 4 atom stereocenters. The van der Waals surface area contributed by atoms with E-state index in [0.717, 1.165) is 12.8 Å². The maximum Gasteiger partial charge on any atom is 0.310 e. The van der Waals surface area contributed by atoms with Gasteiger partial charge in [0.1, 0.15) is 0 Å². The molecule has 102 valence electrons. The lowest BCUT2D eigenvalue weighted by molar-refractivity contribution is -0.163. The second kappa shape index (κ2) is 6.57. The van der Waals surface area contributed by atoms with Crippen molar-refractivity contribution < 1.29 is 19.4 Å². The molecule has 1 rings (SSSR count). The molecule has 4 nitrogen and oxygen atoms in total. The summed E-state index contributed by atoms with van der Waals surface area (Å²) in [6, 6.07) is 0. The van der Waals surface area contributed by atoms with Crippen molar-refractivity contribution in [3.63, 3.8) is 0 Å². The highest BCUT2D eigenvalue weighted by Crippen LogP contribution is 2.40. The lowest BCUT2D eigenvalue weighted by atomic mass is 9.67. The van der Waals surface area contributed by atoms with Gasteiger partial charge in [-0.1, -0.05) is 19.1 Å². The lowest BCUT2D eigenvalue weighted by Gasteiger charge is -2.37. The first-order valence-electron chi connectivity index (χ1n) is 6.55. The summed E-state index contributed by atoms with van der Waals surface area (Å²) < 4.78 is 5.05. The highest BCUT2D eigenvalue weighted by Gasteiger charge is 2.45. The fraction of sp³-hybridized carbons (Fsp3) is 0.714. The number of rotatable bonds is 4. The van der Waals surface area contributed by atoms with E-state index >= 15 is 0 Å². The number of allylic oxidation sites excluding steroid dienone is 2. The van der Waals surface area contributed by atoms with Crippen LogP contribution in [0.2, 0.25) is 0 Å². The molecule has 0 aliphatic heterocycles. The zero-order valence-corrected chi connectivity index (χ0v) is 11.3. The Morgan fingerprint density at radius 1 is 1.33 bits per heavy atom. The van der Waals surface area contributed by atoms with Crippen molar-refractivity contribution in [2.24, 2.45) is 23.7 Å². The van der Waals surface area contributed by atoms with Gasteiger partial charge in [-0.3, -0.25) is 9.59 Å². The molecule has 1 N–H and O–H groups in total. The zero-order chi connectivity index (χ0) is 13.7. The summed E-state index contributed by atoms with van der Waals surface area (Å²) in [4.78, 5) is 23.4. The van der Waals surface area contributed by atoms with Crippen molar-refractivity contribution in [1.29, 1.82) is 0 Å². The minimum atomic E-state index is -0.894. The lowest BCUT2D eigenvalue weighted by Crippen LogP contribution is -2.43. The third-order valence-corrected chi connectivity index (χ3v) is 3.70. The quantitative estimate of drug-likeness (QED) is 0.618. The molecule has 4 unspecified atom stereocenters. The third-order valence-electron chi connectivity index (χ3n) is 3.70. The van der Waals surface area contributed by atoms with Crippen LogP contribution in [0.4, 0.5) is 0 Å². The van der Waals surface area contributed by atoms with Gasteiger partial charge in [0, 0.05) is 0 Å². The minimum absolute atomic E-state index is 0.0124. The molecule has 0 spiro atoms. The standard InChI is InChI=1S/C14H22O4/c1-4-6-10-8-7-9(3)11(13(15)16)12(10)14(17)18-5-2/h4,6,9-12H,5,7-8H2,1-3H3,(H,15,16)/b6-4-. The smallest absolute Gasteiger partial charge is 0.310 e. The summed E-state index contributed by atoms with van der Waals surface area (Å²) in [5.41, 5.74) is 0. The summed E-state index contributed by atoms with van der Waals surface area (Å²) in [5.74, 6) is -2.47. The Hall–Kier alpha value is -1.32. The summed E-state index contributed by atoms with van der Waals surface area (Å²) >= 11 is 0. The molecule has 0 radical (unpaired) electrons. The predicted octanol–water partition coefficient (Wildman–Crippen LogP) is 2.49. The minimum Gasteiger partial charge on any atom is -0.481 e. The largest absolute Gasteiger partial charge is 0.481 e. The average molecular weight is 254 g/mol. The van der Waals surface area contributed by atoms with E-state index < -0.39 is 17.8 Å². The van der Waals surface area contributed by atoms with Gasteiger partial charge in [0.2, 0.25) is 0 Å². The topological polar surface area (TPSA) is 63.6 Å². The van der Waals surface area contributed by atoms with E-state index in [-0.39, 0.29) is 17.8 Å². The first-order valence-corrected chi connectivity index (χ1v) is 6.55. The second-order valence-corrected chi connectivity index (χ2v) is 4.89. The highest BCUT2D eigenvalue weighted by atomic mass is 16.5. The summed E-state index contributed by atoms with van der Waals surface area (Å²) in [7, 11) is 0. The summed E-state index contributed by atoms with van der Waals surface area (Å²) in [6.45, 7) is 5.82. The van der Waals surface area contributed by atoms with Crippen LogP contribution in [-0.4, -0.2) is 23.7 Å². The van der Waals surface area contributed by atoms with Gasteiger partial charge in [-0.2, -0.15) is 0 Å². The van der Waals surface area contributed by atoms with Crippen molar-refractivity contribution in [1.82, 2.24) is 0 Å². The van der Waals surface area contributed by atoms with Crippen LogP contribution in [0.3, 0.4) is 0 Å². The van der Waals surface area contributed by atoms with Gasteiger partial charge < -0.3 is 9.84 Å². The Morgan fingerprint density at radius 2 is 2.00 bits per heavy atom. The van der Waals surface area contributed by atoms with Gasteiger partial charge in [-0.25, -0.2) is 0 Å². The molecule has 1 aliphatic carbocycles. The fourth-order valence-electron chi connectivity index (χ4n) is 2.85. The molecule has 0 bridgehead atoms. The van der Waals surface area contributed by atoms with E-state index in [1.807, 2.05) is 26.0 Å². The van der Waals surface area contributed by atoms with Crippen molar-refractivity contribution in [3.05, 3.63) is 12.2 Å². The third kappa shape index (κ3) is 3.12. The van der Waals surface area contributed by atoms with Crippen molar-refractivity contribution in [2.75, 3.05) is 6.61 Å². The molecule has 18 heavy (non-hydrogen) atoms. The average Bonchev–Trinajstić information content (AvgIpc) is 2.31. The molecule has 1 fully saturated rings. The Labute approximate surface area is 108 Å². The van der Waals surface area contributed by atoms with Gasteiger partial charge >= 0.3 is 11.9 Å². The predicted molar refractivity (Wildman–Crippen MR) is 68.0 cm³/mol. The van der Waals surface area contributed by atoms with Crippen LogP contribution in [0.1, 0.15) is 33.6 Å². The van der Waals surface area contributed by atoms with Crippen LogP contribution in [0, 0.1) is 23.7 Å². The van der Waals surface area contributed by atoms with E-state index in [0.29, 0.717) is 6.61 Å². The maximum absolute atomic E-state index is 12.0. The Morgan fingerprint density at radius 3 is 2.50 bits per heavy atom. The summed E-state index contributed by atoms with van der Waals surface area (Å²) in [6.07, 6.45) is 5.50. The van der Waals surface area contributed by atoms with Gasteiger partial charge in [0.25, 0.3) is 0 Å². The van der Waals surface area contributed by atoms with Crippen LogP contribution in [0.5, 0.6) is 0 Å². The normalized spacial score (nSPS) is 32.4. The molecule has 4 heteroatoms. The van der Waals surface area contributed by atoms with E-state index in [9.17, 15) is 14.7 Å². The molecular formula is C14H22O4. The fourth-order valence-corrected chi connectivity index (χ4v) is 2.85. The Kier molecular flexibility index (Phi) is 5.38. The van der Waals surface area contributed by atoms with E-state index in [1.165, 1.54) is 0 Å². The van der Waals surface area contributed by atoms with E-state index in [2.05, 4.69) is 0 Å². The van der Waals surface area contributed by atoms with E-state index in [1.54, 1.807) is 6.92 Å². The molecule has 1 saturated carbocycles. The number of aliphatic carboxylic acids is 1. The van der Waals surface area contributed by atoms with Crippen molar-refractivity contribution in [3.8, 4) is 0 Å². The molecular weight excluding hydrogens is 232 g/mol.